The first-order chi connectivity index (χ1) is 15.5. The Morgan fingerprint density at radius 2 is 1.81 bits per heavy atom. The number of anilines is 1. The normalized spacial score (nSPS) is 15.0. The average Bonchev–Trinajstić information content (AvgIpc) is 3.37. The van der Waals surface area contributed by atoms with E-state index in [1.165, 1.54) is 47.2 Å². The number of amides is 1. The van der Waals surface area contributed by atoms with E-state index in [2.05, 4.69) is 19.1 Å². The number of hydrogen-bond acceptors (Lipinski definition) is 5. The van der Waals surface area contributed by atoms with Crippen molar-refractivity contribution in [1.29, 1.82) is 0 Å². The van der Waals surface area contributed by atoms with Crippen LogP contribution in [-0.4, -0.2) is 21.3 Å². The molecular formula is C25H21NO4S2. The summed E-state index contributed by atoms with van der Waals surface area (Å²) >= 11 is 6.57. The third-order valence-electron chi connectivity index (χ3n) is 5.12. The Bertz CT molecular complexity index is 1190. The Balaban J connectivity index is 1.51. The van der Waals surface area contributed by atoms with E-state index in [-0.39, 0.29) is 11.5 Å². The minimum atomic E-state index is -1.02. The molecule has 1 aliphatic rings. The number of aryl methyl sites for hydroxylation is 1. The van der Waals surface area contributed by atoms with Gasteiger partial charge in [0.1, 0.15) is 11.5 Å². The van der Waals surface area contributed by atoms with Crippen LogP contribution in [0, 0.1) is 0 Å². The molecule has 162 valence electrons. The largest absolute Gasteiger partial charge is 0.478 e. The van der Waals surface area contributed by atoms with Crippen molar-refractivity contribution in [3.8, 4) is 11.3 Å². The van der Waals surface area contributed by atoms with Gasteiger partial charge in [-0.05, 0) is 54.8 Å². The van der Waals surface area contributed by atoms with Gasteiger partial charge in [0.05, 0.1) is 16.2 Å². The van der Waals surface area contributed by atoms with Gasteiger partial charge in [-0.2, -0.15) is 0 Å². The zero-order chi connectivity index (χ0) is 22.7. The number of aromatic carboxylic acids is 1. The van der Waals surface area contributed by atoms with Gasteiger partial charge < -0.3 is 9.52 Å². The minimum absolute atomic E-state index is 0.149. The predicted molar refractivity (Wildman–Crippen MR) is 132 cm³/mol. The molecule has 7 heteroatoms. The van der Waals surface area contributed by atoms with Gasteiger partial charge in [0.15, 0.2) is 4.32 Å². The lowest BCUT2D eigenvalue weighted by Gasteiger charge is -2.14. The Labute approximate surface area is 195 Å². The molecule has 0 bridgehead atoms. The Hall–Kier alpha value is -3.16. The Morgan fingerprint density at radius 3 is 2.47 bits per heavy atom. The van der Waals surface area contributed by atoms with Crippen LogP contribution >= 0.6 is 24.0 Å². The SMILES string of the molecule is CCCCc1ccc(-c2ccc(/C=C3\SC(=S)N(c4ccc(C(=O)O)cc4)C3=O)o2)cc1. The highest BCUT2D eigenvalue weighted by Gasteiger charge is 2.33. The maximum Gasteiger partial charge on any atom is 0.335 e. The summed E-state index contributed by atoms with van der Waals surface area (Å²) < 4.78 is 6.34. The van der Waals surface area contributed by atoms with Crippen molar-refractivity contribution >= 4 is 51.9 Å². The van der Waals surface area contributed by atoms with Crippen LogP contribution in [0.15, 0.2) is 70.0 Å². The molecule has 4 rings (SSSR count). The number of carbonyl (C=O) groups is 2. The first kappa shape index (κ1) is 22.0. The summed E-state index contributed by atoms with van der Waals surface area (Å²) in [4.78, 5) is 25.8. The summed E-state index contributed by atoms with van der Waals surface area (Å²) in [5.74, 6) is 0.0159. The van der Waals surface area contributed by atoms with Crippen molar-refractivity contribution < 1.29 is 19.1 Å². The second kappa shape index (κ2) is 9.54. The Kier molecular flexibility index (Phi) is 6.58. The topological polar surface area (TPSA) is 70.8 Å². The lowest BCUT2D eigenvalue weighted by atomic mass is 10.1. The fourth-order valence-corrected chi connectivity index (χ4v) is 4.65. The summed E-state index contributed by atoms with van der Waals surface area (Å²) in [7, 11) is 0. The number of furan rings is 1. The molecule has 2 heterocycles. The van der Waals surface area contributed by atoms with Crippen molar-refractivity contribution in [3.63, 3.8) is 0 Å². The zero-order valence-corrected chi connectivity index (χ0v) is 19.0. The molecule has 0 unspecified atom stereocenters. The van der Waals surface area contributed by atoms with Crippen molar-refractivity contribution in [2.75, 3.05) is 4.90 Å². The van der Waals surface area contributed by atoms with Crippen molar-refractivity contribution in [2.45, 2.75) is 26.2 Å². The molecule has 0 saturated carbocycles. The molecule has 1 amide bonds. The molecule has 3 aromatic rings. The molecule has 32 heavy (non-hydrogen) atoms. The van der Waals surface area contributed by atoms with E-state index in [1.807, 2.05) is 24.3 Å². The zero-order valence-electron chi connectivity index (χ0n) is 17.4. The third kappa shape index (κ3) is 4.69. The number of benzene rings is 2. The number of carboxylic acid groups (broad SMARTS) is 1. The minimum Gasteiger partial charge on any atom is -0.478 e. The fourth-order valence-electron chi connectivity index (χ4n) is 3.37. The van der Waals surface area contributed by atoms with Crippen LogP contribution in [0.1, 0.15) is 41.4 Å². The number of hydrogen-bond donors (Lipinski definition) is 1. The van der Waals surface area contributed by atoms with E-state index >= 15 is 0 Å². The first-order valence-corrected chi connectivity index (χ1v) is 11.5. The summed E-state index contributed by atoms with van der Waals surface area (Å²) in [6, 6.07) is 18.1. The number of thiocarbonyl (C=S) groups is 1. The number of unbranched alkanes of at least 4 members (excludes halogenated alkanes) is 1. The monoisotopic (exact) mass is 463 g/mol. The van der Waals surface area contributed by atoms with Gasteiger partial charge in [-0.15, -0.1) is 0 Å². The van der Waals surface area contributed by atoms with E-state index in [0.29, 0.717) is 20.7 Å². The quantitative estimate of drug-likeness (QED) is 0.323. The predicted octanol–water partition coefficient (Wildman–Crippen LogP) is 6.39. The molecule has 1 aromatic heterocycles. The van der Waals surface area contributed by atoms with Gasteiger partial charge in [-0.3, -0.25) is 9.69 Å². The second-order valence-electron chi connectivity index (χ2n) is 7.37. The number of carbonyl (C=O) groups excluding carboxylic acids is 1. The van der Waals surface area contributed by atoms with Gasteiger partial charge in [0.25, 0.3) is 5.91 Å². The van der Waals surface area contributed by atoms with Crippen LogP contribution < -0.4 is 4.90 Å². The van der Waals surface area contributed by atoms with Crippen LogP contribution in [0.25, 0.3) is 17.4 Å². The highest BCUT2D eigenvalue weighted by molar-refractivity contribution is 8.27. The summed E-state index contributed by atoms with van der Waals surface area (Å²) in [6.45, 7) is 2.18. The van der Waals surface area contributed by atoms with Gasteiger partial charge >= 0.3 is 5.97 Å². The summed E-state index contributed by atoms with van der Waals surface area (Å²) in [6.07, 6.45) is 5.10. The summed E-state index contributed by atoms with van der Waals surface area (Å²) in [5.41, 5.74) is 2.97. The Morgan fingerprint density at radius 1 is 1.09 bits per heavy atom. The van der Waals surface area contributed by atoms with E-state index in [1.54, 1.807) is 18.2 Å². The van der Waals surface area contributed by atoms with Crippen molar-refractivity contribution in [1.82, 2.24) is 0 Å². The fraction of sp³-hybridized carbons (Fsp3) is 0.160. The number of carboxylic acids is 1. The third-order valence-corrected chi connectivity index (χ3v) is 6.43. The number of rotatable bonds is 7. The van der Waals surface area contributed by atoms with Crippen LogP contribution in [-0.2, 0) is 11.2 Å². The molecule has 0 aliphatic carbocycles. The maximum absolute atomic E-state index is 12.9. The van der Waals surface area contributed by atoms with Crippen LogP contribution in [0.2, 0.25) is 0 Å². The molecule has 0 atom stereocenters. The lowest BCUT2D eigenvalue weighted by molar-refractivity contribution is -0.113. The molecule has 1 fully saturated rings. The maximum atomic E-state index is 12.9. The van der Waals surface area contributed by atoms with Crippen molar-refractivity contribution in [2.24, 2.45) is 0 Å². The number of nitrogens with zero attached hydrogens (tertiary/aromatic N) is 1. The van der Waals surface area contributed by atoms with Gasteiger partial charge in [-0.25, -0.2) is 4.79 Å². The van der Waals surface area contributed by atoms with E-state index < -0.39 is 5.97 Å². The van der Waals surface area contributed by atoms with Crippen molar-refractivity contribution in [3.05, 3.63) is 82.5 Å². The van der Waals surface area contributed by atoms with Crippen LogP contribution in [0.4, 0.5) is 5.69 Å². The van der Waals surface area contributed by atoms with E-state index in [9.17, 15) is 9.59 Å². The molecule has 1 aliphatic heterocycles. The highest BCUT2D eigenvalue weighted by atomic mass is 32.2. The van der Waals surface area contributed by atoms with E-state index in [4.69, 9.17) is 21.7 Å². The van der Waals surface area contributed by atoms with Crippen LogP contribution in [0.3, 0.4) is 0 Å². The smallest absolute Gasteiger partial charge is 0.335 e. The standard InChI is InChI=1S/C25H21NO4S2/c1-2-3-4-16-5-7-17(8-6-16)21-14-13-20(30-21)15-22-23(27)26(25(31)32-22)19-11-9-18(10-12-19)24(28)29/h5-15H,2-4H2,1H3,(H,28,29)/b22-15-. The van der Waals surface area contributed by atoms with Gasteiger partial charge in [0.2, 0.25) is 0 Å². The molecule has 5 nitrogen and oxygen atoms in total. The molecule has 2 aromatic carbocycles. The molecule has 0 spiro atoms. The molecular weight excluding hydrogens is 442 g/mol. The number of thioether (sulfide) groups is 1. The molecule has 1 N–H and O–H groups in total. The highest BCUT2D eigenvalue weighted by Crippen LogP contribution is 2.36. The summed E-state index contributed by atoms with van der Waals surface area (Å²) in [5, 5.41) is 9.05. The van der Waals surface area contributed by atoms with Gasteiger partial charge in [-0.1, -0.05) is 61.6 Å². The molecule has 0 radical (unpaired) electrons. The lowest BCUT2D eigenvalue weighted by Crippen LogP contribution is -2.27. The first-order valence-electron chi connectivity index (χ1n) is 10.3. The second-order valence-corrected chi connectivity index (χ2v) is 9.05. The van der Waals surface area contributed by atoms with Gasteiger partial charge in [0, 0.05) is 11.6 Å². The molecule has 1 saturated heterocycles. The average molecular weight is 464 g/mol. The van der Waals surface area contributed by atoms with Crippen LogP contribution in [0.5, 0.6) is 0 Å². The van der Waals surface area contributed by atoms with E-state index in [0.717, 1.165) is 17.7 Å².